The van der Waals surface area contributed by atoms with Crippen LogP contribution in [-0.4, -0.2) is 35.6 Å². The molecule has 2 aliphatic heterocycles. The molecule has 1 aromatic heterocycles. The van der Waals surface area contributed by atoms with E-state index >= 15 is 0 Å². The maximum atomic E-state index is 4.27. The fourth-order valence-corrected chi connectivity index (χ4v) is 3.23. The fourth-order valence-electron chi connectivity index (χ4n) is 3.23. The second kappa shape index (κ2) is 4.75. The maximum Gasteiger partial charge on any atom is 0.0313 e. The quantitative estimate of drug-likeness (QED) is 0.837. The van der Waals surface area contributed by atoms with Gasteiger partial charge >= 0.3 is 0 Å². The molecule has 3 nitrogen and oxygen atoms in total. The SMILES string of the molecule is Cc1cncc(CN2CC3CCCNC3C2)c1. The van der Waals surface area contributed by atoms with Gasteiger partial charge in [0.25, 0.3) is 0 Å². The van der Waals surface area contributed by atoms with Gasteiger partial charge in [0.15, 0.2) is 0 Å². The third kappa shape index (κ3) is 2.50. The van der Waals surface area contributed by atoms with Crippen molar-refractivity contribution in [3.05, 3.63) is 29.6 Å². The van der Waals surface area contributed by atoms with Gasteiger partial charge in [-0.3, -0.25) is 9.88 Å². The molecule has 2 unspecified atom stereocenters. The van der Waals surface area contributed by atoms with E-state index in [1.54, 1.807) is 0 Å². The number of rotatable bonds is 2. The van der Waals surface area contributed by atoms with Crippen LogP contribution in [0.3, 0.4) is 0 Å². The van der Waals surface area contributed by atoms with Gasteiger partial charge in [0.05, 0.1) is 0 Å². The van der Waals surface area contributed by atoms with Gasteiger partial charge in [0, 0.05) is 38.1 Å². The number of piperidine rings is 1. The topological polar surface area (TPSA) is 28.2 Å². The van der Waals surface area contributed by atoms with Gasteiger partial charge in [-0.25, -0.2) is 0 Å². The van der Waals surface area contributed by atoms with E-state index in [2.05, 4.69) is 28.2 Å². The Morgan fingerprint density at radius 3 is 3.18 bits per heavy atom. The van der Waals surface area contributed by atoms with Crippen LogP contribution in [0.1, 0.15) is 24.0 Å². The van der Waals surface area contributed by atoms with Crippen molar-refractivity contribution in [3.8, 4) is 0 Å². The summed E-state index contributed by atoms with van der Waals surface area (Å²) in [4.78, 5) is 6.85. The molecule has 0 saturated carbocycles. The van der Waals surface area contributed by atoms with Crippen LogP contribution in [0.2, 0.25) is 0 Å². The summed E-state index contributed by atoms with van der Waals surface area (Å²) in [6, 6.07) is 2.99. The van der Waals surface area contributed by atoms with Crippen molar-refractivity contribution in [2.24, 2.45) is 5.92 Å². The number of nitrogens with one attached hydrogen (secondary N) is 1. The van der Waals surface area contributed by atoms with Crippen LogP contribution < -0.4 is 5.32 Å². The number of hydrogen-bond acceptors (Lipinski definition) is 3. The van der Waals surface area contributed by atoms with Crippen LogP contribution in [0.15, 0.2) is 18.5 Å². The Bertz CT molecular complexity index is 377. The van der Waals surface area contributed by atoms with Crippen molar-refractivity contribution in [3.63, 3.8) is 0 Å². The molecule has 17 heavy (non-hydrogen) atoms. The average Bonchev–Trinajstić information content (AvgIpc) is 2.71. The normalized spacial score (nSPS) is 29.2. The number of aromatic nitrogens is 1. The van der Waals surface area contributed by atoms with E-state index in [0.29, 0.717) is 0 Å². The highest BCUT2D eigenvalue weighted by molar-refractivity contribution is 5.16. The average molecular weight is 231 g/mol. The van der Waals surface area contributed by atoms with Gasteiger partial charge in [0.2, 0.25) is 0 Å². The monoisotopic (exact) mass is 231 g/mol. The summed E-state index contributed by atoms with van der Waals surface area (Å²) >= 11 is 0. The first-order valence-corrected chi connectivity index (χ1v) is 6.67. The smallest absolute Gasteiger partial charge is 0.0313 e. The van der Waals surface area contributed by atoms with Crippen LogP contribution in [0, 0.1) is 12.8 Å². The summed E-state index contributed by atoms with van der Waals surface area (Å²) in [6.45, 7) is 6.84. The van der Waals surface area contributed by atoms with E-state index in [1.165, 1.54) is 43.6 Å². The van der Waals surface area contributed by atoms with Crippen molar-refractivity contribution < 1.29 is 0 Å². The highest BCUT2D eigenvalue weighted by Gasteiger charge is 2.33. The van der Waals surface area contributed by atoms with Crippen molar-refractivity contribution in [1.29, 1.82) is 0 Å². The molecule has 0 spiro atoms. The largest absolute Gasteiger partial charge is 0.312 e. The predicted molar refractivity (Wildman–Crippen MR) is 68.8 cm³/mol. The molecule has 0 aromatic carbocycles. The minimum atomic E-state index is 0.738. The zero-order chi connectivity index (χ0) is 11.7. The van der Waals surface area contributed by atoms with E-state index in [1.807, 2.05) is 12.4 Å². The Balaban J connectivity index is 1.63. The van der Waals surface area contributed by atoms with Gasteiger partial charge in [0.1, 0.15) is 0 Å². The van der Waals surface area contributed by atoms with Crippen molar-refractivity contribution in [2.75, 3.05) is 19.6 Å². The Labute approximate surface area is 103 Å². The Morgan fingerprint density at radius 2 is 2.35 bits per heavy atom. The van der Waals surface area contributed by atoms with Gasteiger partial charge in [-0.15, -0.1) is 0 Å². The lowest BCUT2D eigenvalue weighted by Crippen LogP contribution is -2.40. The first-order valence-electron chi connectivity index (χ1n) is 6.67. The van der Waals surface area contributed by atoms with Crippen molar-refractivity contribution >= 4 is 0 Å². The molecule has 2 aliphatic rings. The fraction of sp³-hybridized carbons (Fsp3) is 0.643. The van der Waals surface area contributed by atoms with Crippen LogP contribution in [0.25, 0.3) is 0 Å². The summed E-state index contributed by atoms with van der Waals surface area (Å²) < 4.78 is 0. The third-order valence-corrected chi connectivity index (χ3v) is 4.01. The molecule has 0 bridgehead atoms. The van der Waals surface area contributed by atoms with Crippen LogP contribution in [-0.2, 0) is 6.54 Å². The van der Waals surface area contributed by atoms with Gasteiger partial charge < -0.3 is 5.32 Å². The highest BCUT2D eigenvalue weighted by atomic mass is 15.2. The van der Waals surface area contributed by atoms with Gasteiger partial charge in [-0.2, -0.15) is 0 Å². The predicted octanol–water partition coefficient (Wildman–Crippen LogP) is 1.57. The number of hydrogen-bond donors (Lipinski definition) is 1. The molecular weight excluding hydrogens is 210 g/mol. The summed E-state index contributed by atoms with van der Waals surface area (Å²) in [5.74, 6) is 0.876. The van der Waals surface area contributed by atoms with Crippen LogP contribution in [0.4, 0.5) is 0 Å². The lowest BCUT2D eigenvalue weighted by molar-refractivity contribution is 0.312. The number of nitrogens with zero attached hydrogens (tertiary/aromatic N) is 2. The molecule has 3 rings (SSSR count). The zero-order valence-electron chi connectivity index (χ0n) is 10.5. The minimum Gasteiger partial charge on any atom is -0.312 e. The molecule has 0 aliphatic carbocycles. The van der Waals surface area contributed by atoms with Crippen LogP contribution >= 0.6 is 0 Å². The number of aryl methyl sites for hydroxylation is 1. The van der Waals surface area contributed by atoms with Crippen LogP contribution in [0.5, 0.6) is 0 Å². The number of likely N-dealkylation sites (tertiary alicyclic amines) is 1. The van der Waals surface area contributed by atoms with E-state index in [4.69, 9.17) is 0 Å². The molecule has 2 fully saturated rings. The molecule has 1 aromatic rings. The summed E-state index contributed by atoms with van der Waals surface area (Å²) in [7, 11) is 0. The Morgan fingerprint density at radius 1 is 1.41 bits per heavy atom. The van der Waals surface area contributed by atoms with E-state index < -0.39 is 0 Å². The third-order valence-electron chi connectivity index (χ3n) is 4.01. The minimum absolute atomic E-state index is 0.738. The summed E-state index contributed by atoms with van der Waals surface area (Å²) in [5, 5.41) is 3.65. The maximum absolute atomic E-state index is 4.27. The molecule has 0 amide bonds. The Kier molecular flexibility index (Phi) is 3.12. The van der Waals surface area contributed by atoms with Crippen molar-refractivity contribution in [2.45, 2.75) is 32.4 Å². The molecule has 1 N–H and O–H groups in total. The lowest BCUT2D eigenvalue weighted by Gasteiger charge is -2.24. The number of fused-ring (bicyclic) bond motifs is 1. The van der Waals surface area contributed by atoms with E-state index in [9.17, 15) is 0 Å². The molecule has 3 heteroatoms. The van der Waals surface area contributed by atoms with Crippen molar-refractivity contribution in [1.82, 2.24) is 15.2 Å². The number of pyridine rings is 1. The van der Waals surface area contributed by atoms with E-state index in [0.717, 1.165) is 18.5 Å². The second-order valence-electron chi connectivity index (χ2n) is 5.53. The molecular formula is C14H21N3. The molecule has 2 saturated heterocycles. The second-order valence-corrected chi connectivity index (χ2v) is 5.53. The van der Waals surface area contributed by atoms with Gasteiger partial charge in [-0.05, 0) is 43.4 Å². The summed E-state index contributed by atoms with van der Waals surface area (Å²) in [5.41, 5.74) is 2.61. The van der Waals surface area contributed by atoms with Gasteiger partial charge in [-0.1, -0.05) is 6.07 Å². The standard InChI is InChI=1S/C14H21N3/c1-11-5-12(7-15-6-11)8-17-9-13-3-2-4-16-14(13)10-17/h5-7,13-14,16H,2-4,8-10H2,1H3. The first kappa shape index (κ1) is 11.2. The highest BCUT2D eigenvalue weighted by Crippen LogP contribution is 2.25. The Hall–Kier alpha value is -0.930. The first-order chi connectivity index (χ1) is 8.31. The molecule has 92 valence electrons. The molecule has 0 radical (unpaired) electrons. The summed E-state index contributed by atoms with van der Waals surface area (Å²) in [6.07, 6.45) is 6.68. The lowest BCUT2D eigenvalue weighted by atomic mass is 9.94. The molecule has 2 atom stereocenters. The molecule has 3 heterocycles. The van der Waals surface area contributed by atoms with E-state index in [-0.39, 0.29) is 0 Å². The zero-order valence-corrected chi connectivity index (χ0v) is 10.5.